The highest BCUT2D eigenvalue weighted by Gasteiger charge is 2.16. The van der Waals surface area contributed by atoms with E-state index >= 15 is 0 Å². The van der Waals surface area contributed by atoms with Gasteiger partial charge in [0.15, 0.2) is 0 Å². The van der Waals surface area contributed by atoms with Crippen LogP contribution in [0.4, 0.5) is 0 Å². The van der Waals surface area contributed by atoms with E-state index in [2.05, 4.69) is 20.4 Å². The number of benzene rings is 1. The third-order valence-electron chi connectivity index (χ3n) is 2.96. The summed E-state index contributed by atoms with van der Waals surface area (Å²) in [7, 11) is 3.01. The van der Waals surface area contributed by atoms with Crippen molar-refractivity contribution in [1.29, 1.82) is 0 Å². The topological polar surface area (TPSA) is 35.5 Å². The predicted octanol–water partition coefficient (Wildman–Crippen LogP) is 3.31. The van der Waals surface area contributed by atoms with Gasteiger partial charge in [0.25, 0.3) is 0 Å². The van der Waals surface area contributed by atoms with Gasteiger partial charge in [-0.3, -0.25) is 0 Å². The Morgan fingerprint density at radius 3 is 2.33 bits per heavy atom. The highest BCUT2D eigenvalue weighted by molar-refractivity contribution is 6.16. The Balaban J connectivity index is 3.34. The maximum atomic E-state index is 11.5. The van der Waals surface area contributed by atoms with E-state index in [-0.39, 0.29) is 0 Å². The van der Waals surface area contributed by atoms with Crippen LogP contribution in [0.2, 0.25) is 0 Å². The number of esters is 1. The second-order valence-electron chi connectivity index (χ2n) is 4.53. The van der Waals surface area contributed by atoms with Crippen LogP contribution in [-0.2, 0) is 9.53 Å². The Hall–Kier alpha value is -1.77. The molecule has 0 amide bonds. The fourth-order valence-corrected chi connectivity index (χ4v) is 1.88. The summed E-state index contributed by atoms with van der Waals surface area (Å²) in [6.07, 6.45) is 0. The molecule has 0 heterocycles. The fraction of sp³-hybridized carbons (Fsp3) is 0.400. The van der Waals surface area contributed by atoms with Gasteiger partial charge in [-0.25, -0.2) is 4.79 Å². The minimum Gasteiger partial charge on any atom is -0.496 e. The molecule has 0 aliphatic heterocycles. The first-order chi connectivity index (χ1) is 8.42. The zero-order chi connectivity index (χ0) is 13.9. The van der Waals surface area contributed by atoms with Crippen LogP contribution >= 0.6 is 0 Å². The van der Waals surface area contributed by atoms with Crippen molar-refractivity contribution in [2.24, 2.45) is 0 Å². The smallest absolute Gasteiger partial charge is 0.337 e. The summed E-state index contributed by atoms with van der Waals surface area (Å²) in [5.41, 5.74) is 3.20. The first-order valence-corrected chi connectivity index (χ1v) is 5.88. The molecule has 0 unspecified atom stereocenters. The van der Waals surface area contributed by atoms with Gasteiger partial charge >= 0.3 is 5.97 Å². The lowest BCUT2D eigenvalue weighted by atomic mass is 9.93. The lowest BCUT2D eigenvalue weighted by Gasteiger charge is -2.16. The van der Waals surface area contributed by atoms with Crippen LogP contribution in [0.1, 0.15) is 36.5 Å². The van der Waals surface area contributed by atoms with Crippen molar-refractivity contribution in [2.45, 2.75) is 26.7 Å². The zero-order valence-corrected chi connectivity index (χ0v) is 11.7. The van der Waals surface area contributed by atoms with Crippen molar-refractivity contribution in [3.8, 4) is 5.75 Å². The van der Waals surface area contributed by atoms with Crippen LogP contribution in [0.5, 0.6) is 5.75 Å². The first kappa shape index (κ1) is 14.3. The molecule has 0 radical (unpaired) electrons. The van der Waals surface area contributed by atoms with Gasteiger partial charge in [0.2, 0.25) is 0 Å². The van der Waals surface area contributed by atoms with Gasteiger partial charge in [-0.05, 0) is 41.7 Å². The highest BCUT2D eigenvalue weighted by Crippen LogP contribution is 2.32. The molecule has 3 nitrogen and oxygen atoms in total. The van der Waals surface area contributed by atoms with E-state index < -0.39 is 5.97 Å². The van der Waals surface area contributed by atoms with E-state index in [0.717, 1.165) is 22.4 Å². The quantitative estimate of drug-likeness (QED) is 0.605. The summed E-state index contributed by atoms with van der Waals surface area (Å²) in [6, 6.07) is 3.89. The molecule has 0 fully saturated rings. The number of carbonyl (C=O) groups excluding carboxylic acids is 1. The Kier molecular flexibility index (Phi) is 4.54. The van der Waals surface area contributed by atoms with Crippen LogP contribution in [-0.4, -0.2) is 20.2 Å². The number of ether oxygens (including phenoxy) is 2. The second kappa shape index (κ2) is 5.71. The summed E-state index contributed by atoms with van der Waals surface area (Å²) in [6.45, 7) is 9.89. The number of hydrogen-bond donors (Lipinski definition) is 0. The molecule has 0 atom stereocenters. The Labute approximate surface area is 108 Å². The van der Waals surface area contributed by atoms with E-state index in [1.807, 2.05) is 19.1 Å². The third-order valence-corrected chi connectivity index (χ3v) is 2.96. The minimum atomic E-state index is -0.405. The van der Waals surface area contributed by atoms with Crippen LogP contribution in [0, 0.1) is 6.92 Å². The Morgan fingerprint density at radius 2 is 1.89 bits per heavy atom. The van der Waals surface area contributed by atoms with Crippen molar-refractivity contribution in [2.75, 3.05) is 14.2 Å². The second-order valence-corrected chi connectivity index (χ2v) is 4.53. The monoisotopic (exact) mass is 248 g/mol. The molecule has 1 aromatic rings. The van der Waals surface area contributed by atoms with Gasteiger partial charge in [0.1, 0.15) is 5.75 Å². The number of methoxy groups -OCH3 is 2. The molecular formula is C15H20O3. The lowest BCUT2D eigenvalue weighted by Crippen LogP contribution is -2.06. The summed E-state index contributed by atoms with van der Waals surface area (Å²) >= 11 is 0. The maximum absolute atomic E-state index is 11.5. The minimum absolute atomic E-state index is 0.310. The first-order valence-electron chi connectivity index (χ1n) is 5.88. The largest absolute Gasteiger partial charge is 0.496 e. The molecule has 0 aliphatic rings. The number of rotatable bonds is 4. The SMILES string of the molecule is C=C(C(=O)OC)c1cc(C(C)C)c(OC)cc1C. The number of carbonyl (C=O) groups is 1. The zero-order valence-electron chi connectivity index (χ0n) is 11.7. The third kappa shape index (κ3) is 2.73. The van der Waals surface area contributed by atoms with E-state index in [4.69, 9.17) is 9.47 Å². The molecule has 0 saturated heterocycles. The molecule has 1 rings (SSSR count). The maximum Gasteiger partial charge on any atom is 0.337 e. The van der Waals surface area contributed by atoms with Gasteiger partial charge in [-0.15, -0.1) is 0 Å². The molecule has 18 heavy (non-hydrogen) atoms. The molecule has 0 spiro atoms. The van der Waals surface area contributed by atoms with E-state index in [1.54, 1.807) is 7.11 Å². The number of aryl methyl sites for hydroxylation is 1. The average molecular weight is 248 g/mol. The van der Waals surface area contributed by atoms with Crippen molar-refractivity contribution < 1.29 is 14.3 Å². The molecule has 0 N–H and O–H groups in total. The van der Waals surface area contributed by atoms with Gasteiger partial charge in [0.05, 0.1) is 19.8 Å². The Morgan fingerprint density at radius 1 is 1.28 bits per heavy atom. The molecule has 3 heteroatoms. The number of hydrogen-bond acceptors (Lipinski definition) is 3. The molecule has 98 valence electrons. The normalized spacial score (nSPS) is 10.3. The summed E-state index contributed by atoms with van der Waals surface area (Å²) < 4.78 is 10.1. The van der Waals surface area contributed by atoms with Crippen LogP contribution in [0.15, 0.2) is 18.7 Å². The molecule has 1 aromatic carbocycles. The average Bonchev–Trinajstić information content (AvgIpc) is 2.36. The van der Waals surface area contributed by atoms with Crippen LogP contribution in [0.25, 0.3) is 5.57 Å². The van der Waals surface area contributed by atoms with Gasteiger partial charge in [-0.1, -0.05) is 20.4 Å². The van der Waals surface area contributed by atoms with Crippen molar-refractivity contribution in [3.05, 3.63) is 35.4 Å². The molecular weight excluding hydrogens is 228 g/mol. The summed E-state index contributed by atoms with van der Waals surface area (Å²) in [5, 5.41) is 0. The van der Waals surface area contributed by atoms with Gasteiger partial charge in [0, 0.05) is 0 Å². The standard InChI is InChI=1S/C15H20O3/c1-9(2)12-8-13(11(4)15(16)18-6)10(3)7-14(12)17-5/h7-9H,4H2,1-3,5-6H3. The summed E-state index contributed by atoms with van der Waals surface area (Å²) in [5.74, 6) is 0.742. The van der Waals surface area contributed by atoms with Gasteiger partial charge < -0.3 is 9.47 Å². The van der Waals surface area contributed by atoms with Crippen LogP contribution in [0.3, 0.4) is 0 Å². The molecule has 0 bridgehead atoms. The van der Waals surface area contributed by atoms with Crippen molar-refractivity contribution in [3.63, 3.8) is 0 Å². The van der Waals surface area contributed by atoms with Crippen molar-refractivity contribution >= 4 is 11.5 Å². The summed E-state index contributed by atoms with van der Waals surface area (Å²) in [4.78, 5) is 11.5. The fourth-order valence-electron chi connectivity index (χ4n) is 1.88. The van der Waals surface area contributed by atoms with Crippen LogP contribution < -0.4 is 4.74 Å². The van der Waals surface area contributed by atoms with E-state index in [9.17, 15) is 4.79 Å². The lowest BCUT2D eigenvalue weighted by molar-refractivity contribution is -0.133. The highest BCUT2D eigenvalue weighted by atomic mass is 16.5. The molecule has 0 aromatic heterocycles. The van der Waals surface area contributed by atoms with E-state index in [1.165, 1.54) is 7.11 Å². The molecule has 0 saturated carbocycles. The predicted molar refractivity (Wildman–Crippen MR) is 72.9 cm³/mol. The Bertz CT molecular complexity index is 473. The van der Waals surface area contributed by atoms with Gasteiger partial charge in [-0.2, -0.15) is 0 Å². The molecule has 0 aliphatic carbocycles. The van der Waals surface area contributed by atoms with E-state index in [0.29, 0.717) is 11.5 Å². The van der Waals surface area contributed by atoms with Crippen molar-refractivity contribution in [1.82, 2.24) is 0 Å².